The summed E-state index contributed by atoms with van der Waals surface area (Å²) in [6.07, 6.45) is 4.80. The Kier molecular flexibility index (Phi) is 3.61. The third-order valence-corrected chi connectivity index (χ3v) is 6.17. The standard InChI is InChI=1S/C18H27NO3/c1-10-13-6-7-18(3)8-12(9-19(4)5)15(20)11(2)14(18)16(13)22-17(10)21/h9-11,13-14,16H,6-8H2,1-5H3/b12-9+. The second-order valence-corrected chi connectivity index (χ2v) is 8.02. The third kappa shape index (κ3) is 2.19. The highest BCUT2D eigenvalue weighted by Gasteiger charge is 2.59. The predicted octanol–water partition coefficient (Wildman–Crippen LogP) is 2.63. The van der Waals surface area contributed by atoms with Crippen LogP contribution in [0.2, 0.25) is 0 Å². The molecule has 3 fully saturated rings. The zero-order valence-electron chi connectivity index (χ0n) is 14.3. The summed E-state index contributed by atoms with van der Waals surface area (Å²) in [4.78, 5) is 26.7. The summed E-state index contributed by atoms with van der Waals surface area (Å²) < 4.78 is 5.73. The molecule has 3 rings (SSSR count). The molecule has 22 heavy (non-hydrogen) atoms. The first-order chi connectivity index (χ1) is 10.2. The van der Waals surface area contributed by atoms with Gasteiger partial charge in [0.2, 0.25) is 0 Å². The first-order valence-corrected chi connectivity index (χ1v) is 8.36. The molecule has 0 amide bonds. The van der Waals surface area contributed by atoms with Crippen molar-refractivity contribution >= 4 is 11.8 Å². The van der Waals surface area contributed by atoms with Crippen LogP contribution in [0.1, 0.15) is 40.0 Å². The molecule has 3 aliphatic rings. The molecule has 4 nitrogen and oxygen atoms in total. The Morgan fingerprint density at radius 2 is 1.91 bits per heavy atom. The highest BCUT2D eigenvalue weighted by Crippen LogP contribution is 2.57. The fourth-order valence-corrected chi connectivity index (χ4v) is 5.09. The topological polar surface area (TPSA) is 46.6 Å². The predicted molar refractivity (Wildman–Crippen MR) is 83.9 cm³/mol. The van der Waals surface area contributed by atoms with Crippen molar-refractivity contribution in [3.8, 4) is 0 Å². The summed E-state index contributed by atoms with van der Waals surface area (Å²) >= 11 is 0. The maximum Gasteiger partial charge on any atom is 0.309 e. The minimum atomic E-state index is -0.0754. The van der Waals surface area contributed by atoms with E-state index in [-0.39, 0.29) is 41.0 Å². The molecule has 6 unspecified atom stereocenters. The van der Waals surface area contributed by atoms with Crippen LogP contribution < -0.4 is 0 Å². The highest BCUT2D eigenvalue weighted by molar-refractivity contribution is 5.98. The number of ether oxygens (including phenoxy) is 1. The van der Waals surface area contributed by atoms with E-state index in [2.05, 4.69) is 6.92 Å². The van der Waals surface area contributed by atoms with Gasteiger partial charge in [-0.15, -0.1) is 0 Å². The summed E-state index contributed by atoms with van der Waals surface area (Å²) in [6, 6.07) is 0. The number of carbonyl (C=O) groups is 2. The summed E-state index contributed by atoms with van der Waals surface area (Å²) in [7, 11) is 3.91. The maximum atomic E-state index is 12.8. The van der Waals surface area contributed by atoms with Crippen molar-refractivity contribution in [3.63, 3.8) is 0 Å². The van der Waals surface area contributed by atoms with E-state index in [0.29, 0.717) is 5.92 Å². The van der Waals surface area contributed by atoms with Gasteiger partial charge in [-0.2, -0.15) is 0 Å². The lowest BCUT2D eigenvalue weighted by Gasteiger charge is -2.52. The number of fused-ring (bicyclic) bond motifs is 3. The van der Waals surface area contributed by atoms with Gasteiger partial charge in [-0.05, 0) is 24.7 Å². The van der Waals surface area contributed by atoms with E-state index in [1.165, 1.54) is 0 Å². The van der Waals surface area contributed by atoms with Crippen molar-refractivity contribution in [2.45, 2.75) is 46.1 Å². The number of hydrogen-bond acceptors (Lipinski definition) is 4. The summed E-state index contributed by atoms with van der Waals surface area (Å²) in [6.45, 7) is 6.27. The molecular weight excluding hydrogens is 278 g/mol. The number of ketones is 1. The van der Waals surface area contributed by atoms with Gasteiger partial charge in [-0.25, -0.2) is 0 Å². The molecular formula is C18H27NO3. The zero-order chi connectivity index (χ0) is 16.2. The third-order valence-electron chi connectivity index (χ3n) is 6.17. The summed E-state index contributed by atoms with van der Waals surface area (Å²) in [5.41, 5.74) is 0.979. The van der Waals surface area contributed by atoms with Gasteiger partial charge in [-0.3, -0.25) is 9.59 Å². The molecule has 0 bridgehead atoms. The molecule has 4 heteroatoms. The van der Waals surface area contributed by atoms with Crippen LogP contribution in [0.5, 0.6) is 0 Å². The Bertz CT molecular complexity index is 538. The fraction of sp³-hybridized carbons (Fsp3) is 0.778. The molecule has 0 radical (unpaired) electrons. The average molecular weight is 305 g/mol. The lowest BCUT2D eigenvalue weighted by atomic mass is 9.52. The lowest BCUT2D eigenvalue weighted by molar-refractivity contribution is -0.155. The van der Waals surface area contributed by atoms with Gasteiger partial charge in [0.05, 0.1) is 5.92 Å². The number of rotatable bonds is 1. The van der Waals surface area contributed by atoms with Gasteiger partial charge in [0.1, 0.15) is 6.10 Å². The van der Waals surface area contributed by atoms with E-state index in [9.17, 15) is 9.59 Å². The Morgan fingerprint density at radius 1 is 1.23 bits per heavy atom. The average Bonchev–Trinajstić information content (AvgIpc) is 2.70. The van der Waals surface area contributed by atoms with Gasteiger partial charge in [0.15, 0.2) is 5.78 Å². The number of hydrogen-bond donors (Lipinski definition) is 0. The van der Waals surface area contributed by atoms with Gasteiger partial charge >= 0.3 is 5.97 Å². The normalized spacial score (nSPS) is 46.2. The van der Waals surface area contributed by atoms with Crippen LogP contribution in [0.15, 0.2) is 11.8 Å². The Morgan fingerprint density at radius 3 is 2.55 bits per heavy atom. The quantitative estimate of drug-likeness (QED) is 0.552. The van der Waals surface area contributed by atoms with Crippen molar-refractivity contribution in [3.05, 3.63) is 11.8 Å². The first-order valence-electron chi connectivity index (χ1n) is 8.36. The molecule has 2 saturated carbocycles. The fourth-order valence-electron chi connectivity index (χ4n) is 5.09. The molecule has 1 aliphatic heterocycles. The molecule has 0 spiro atoms. The van der Waals surface area contributed by atoms with Gasteiger partial charge in [-0.1, -0.05) is 20.8 Å². The van der Waals surface area contributed by atoms with Crippen molar-refractivity contribution in [1.29, 1.82) is 0 Å². The second kappa shape index (κ2) is 5.10. The molecule has 0 aromatic rings. The molecule has 2 aliphatic carbocycles. The number of esters is 1. The zero-order valence-corrected chi connectivity index (χ0v) is 14.3. The summed E-state index contributed by atoms with van der Waals surface area (Å²) in [5.74, 6) is 0.513. The van der Waals surface area contributed by atoms with Crippen LogP contribution in [-0.4, -0.2) is 36.9 Å². The van der Waals surface area contributed by atoms with Crippen LogP contribution in [0, 0.1) is 29.1 Å². The van der Waals surface area contributed by atoms with Crippen LogP contribution in [-0.2, 0) is 14.3 Å². The molecule has 0 N–H and O–H groups in total. The minimum absolute atomic E-state index is 0.0180. The van der Waals surface area contributed by atoms with E-state index in [4.69, 9.17) is 4.74 Å². The van der Waals surface area contributed by atoms with Crippen LogP contribution >= 0.6 is 0 Å². The van der Waals surface area contributed by atoms with Gasteiger partial charge in [0.25, 0.3) is 0 Å². The van der Waals surface area contributed by atoms with E-state index in [0.717, 1.165) is 24.8 Å². The minimum Gasteiger partial charge on any atom is -0.461 e. The number of allylic oxidation sites excluding steroid dienone is 1. The monoisotopic (exact) mass is 305 g/mol. The first kappa shape index (κ1) is 15.6. The van der Waals surface area contributed by atoms with Gasteiger partial charge in [0, 0.05) is 43.6 Å². The van der Waals surface area contributed by atoms with Crippen molar-refractivity contribution in [2.24, 2.45) is 29.1 Å². The van der Waals surface area contributed by atoms with E-state index in [1.54, 1.807) is 0 Å². The number of Topliss-reactive ketones (excluding diaryl/α,β-unsaturated/α-hetero) is 1. The maximum absolute atomic E-state index is 12.8. The second-order valence-electron chi connectivity index (χ2n) is 8.02. The SMILES string of the molecule is CC1C(=O)OC2C1CCC1(C)C/C(=C\N(C)C)C(=O)C(C)C21. The Hall–Kier alpha value is -1.32. The van der Waals surface area contributed by atoms with Crippen molar-refractivity contribution in [1.82, 2.24) is 4.90 Å². The molecule has 0 aromatic carbocycles. The van der Waals surface area contributed by atoms with E-state index in [1.807, 2.05) is 39.0 Å². The van der Waals surface area contributed by atoms with E-state index >= 15 is 0 Å². The molecule has 6 atom stereocenters. The largest absolute Gasteiger partial charge is 0.461 e. The lowest BCUT2D eigenvalue weighted by Crippen LogP contribution is -2.53. The molecule has 1 saturated heterocycles. The number of nitrogens with zero attached hydrogens (tertiary/aromatic N) is 1. The van der Waals surface area contributed by atoms with Crippen molar-refractivity contribution in [2.75, 3.05) is 14.1 Å². The Labute approximate surface area is 132 Å². The van der Waals surface area contributed by atoms with Crippen LogP contribution in [0.25, 0.3) is 0 Å². The number of carbonyl (C=O) groups excluding carboxylic acids is 2. The summed E-state index contributed by atoms with van der Waals surface area (Å²) in [5, 5.41) is 0. The van der Waals surface area contributed by atoms with Gasteiger partial charge < -0.3 is 9.64 Å². The highest BCUT2D eigenvalue weighted by atomic mass is 16.6. The van der Waals surface area contributed by atoms with E-state index < -0.39 is 0 Å². The smallest absolute Gasteiger partial charge is 0.309 e. The van der Waals surface area contributed by atoms with Crippen LogP contribution in [0.4, 0.5) is 0 Å². The van der Waals surface area contributed by atoms with Crippen molar-refractivity contribution < 1.29 is 14.3 Å². The Balaban J connectivity index is 1.95. The molecule has 0 aromatic heterocycles. The van der Waals surface area contributed by atoms with Crippen LogP contribution in [0.3, 0.4) is 0 Å². The molecule has 1 heterocycles. The molecule has 122 valence electrons.